The first-order valence-corrected chi connectivity index (χ1v) is 5.61. The van der Waals surface area contributed by atoms with Crippen molar-refractivity contribution in [2.45, 2.75) is 19.6 Å². The molecule has 1 aromatic heterocycles. The topological polar surface area (TPSA) is 34.2 Å². The summed E-state index contributed by atoms with van der Waals surface area (Å²) in [6.45, 7) is 1.69. The van der Waals surface area contributed by atoms with Crippen molar-refractivity contribution in [1.29, 1.82) is 0 Å². The highest BCUT2D eigenvalue weighted by atomic mass is 32.1. The van der Waals surface area contributed by atoms with Gasteiger partial charge in [-0.1, -0.05) is 0 Å². The van der Waals surface area contributed by atoms with E-state index in [-0.39, 0.29) is 6.61 Å². The highest BCUT2D eigenvalue weighted by Gasteiger charge is 2.27. The van der Waals surface area contributed by atoms with Crippen LogP contribution in [0.3, 0.4) is 0 Å². The molecule has 0 unspecified atom stereocenters. The summed E-state index contributed by atoms with van der Waals surface area (Å²) in [7, 11) is 0. The minimum absolute atomic E-state index is 0.0443. The van der Waals surface area contributed by atoms with Crippen molar-refractivity contribution in [2.75, 3.05) is 19.8 Å². The maximum atomic E-state index is 11.7. The Balaban J connectivity index is 2.00. The monoisotopic (exact) mass is 254 g/mol. The Morgan fingerprint density at radius 3 is 2.81 bits per heavy atom. The molecule has 1 rings (SSSR count). The van der Waals surface area contributed by atoms with E-state index in [1.807, 2.05) is 12.3 Å². The van der Waals surface area contributed by atoms with Gasteiger partial charge in [-0.05, 0) is 6.92 Å². The molecule has 0 amide bonds. The van der Waals surface area contributed by atoms with Crippen molar-refractivity contribution in [3.63, 3.8) is 0 Å². The van der Waals surface area contributed by atoms with E-state index in [1.165, 1.54) is 0 Å². The SMILES string of the molecule is Cc1nc(CNCCOCC(F)(F)F)cs1. The van der Waals surface area contributed by atoms with Crippen LogP contribution < -0.4 is 5.32 Å². The van der Waals surface area contributed by atoms with Crippen LogP contribution in [0, 0.1) is 6.92 Å². The van der Waals surface area contributed by atoms with Gasteiger partial charge in [-0.2, -0.15) is 13.2 Å². The summed E-state index contributed by atoms with van der Waals surface area (Å²) in [5, 5.41) is 5.85. The van der Waals surface area contributed by atoms with Crippen LogP contribution in [0.15, 0.2) is 5.38 Å². The molecule has 0 aromatic carbocycles. The summed E-state index contributed by atoms with van der Waals surface area (Å²) >= 11 is 1.54. The number of hydrogen-bond acceptors (Lipinski definition) is 4. The van der Waals surface area contributed by atoms with Gasteiger partial charge < -0.3 is 10.1 Å². The molecule has 0 aliphatic rings. The lowest BCUT2D eigenvalue weighted by Crippen LogP contribution is -2.23. The lowest BCUT2D eigenvalue weighted by molar-refractivity contribution is -0.173. The van der Waals surface area contributed by atoms with Gasteiger partial charge in [-0.15, -0.1) is 11.3 Å². The fourth-order valence-corrected chi connectivity index (χ4v) is 1.65. The lowest BCUT2D eigenvalue weighted by Gasteiger charge is -2.07. The van der Waals surface area contributed by atoms with Gasteiger partial charge in [0.2, 0.25) is 0 Å². The molecule has 0 fully saturated rings. The van der Waals surface area contributed by atoms with Crippen LogP contribution in [0.25, 0.3) is 0 Å². The molecular weight excluding hydrogens is 241 g/mol. The zero-order valence-corrected chi connectivity index (χ0v) is 9.62. The maximum Gasteiger partial charge on any atom is 0.411 e. The largest absolute Gasteiger partial charge is 0.411 e. The molecule has 0 saturated heterocycles. The van der Waals surface area contributed by atoms with E-state index in [0.29, 0.717) is 13.1 Å². The number of halogens is 3. The van der Waals surface area contributed by atoms with Gasteiger partial charge in [-0.3, -0.25) is 0 Å². The van der Waals surface area contributed by atoms with E-state index in [2.05, 4.69) is 15.0 Å². The Hall–Kier alpha value is -0.660. The number of alkyl halides is 3. The van der Waals surface area contributed by atoms with Gasteiger partial charge in [-0.25, -0.2) is 4.98 Å². The van der Waals surface area contributed by atoms with Crippen LogP contribution in [-0.2, 0) is 11.3 Å². The second kappa shape index (κ2) is 6.17. The van der Waals surface area contributed by atoms with Crippen LogP contribution in [0.2, 0.25) is 0 Å². The van der Waals surface area contributed by atoms with Gasteiger partial charge in [0.1, 0.15) is 6.61 Å². The fourth-order valence-electron chi connectivity index (χ4n) is 1.04. The third kappa shape index (κ3) is 6.04. The Morgan fingerprint density at radius 2 is 2.25 bits per heavy atom. The first kappa shape index (κ1) is 13.4. The molecule has 92 valence electrons. The van der Waals surface area contributed by atoms with Gasteiger partial charge >= 0.3 is 6.18 Å². The number of hydrogen-bond donors (Lipinski definition) is 1. The average molecular weight is 254 g/mol. The van der Waals surface area contributed by atoms with E-state index in [0.717, 1.165) is 10.7 Å². The van der Waals surface area contributed by atoms with Gasteiger partial charge in [0, 0.05) is 18.5 Å². The third-order valence-corrected chi connectivity index (χ3v) is 2.48. The number of aromatic nitrogens is 1. The summed E-state index contributed by atoms with van der Waals surface area (Å²) in [6, 6.07) is 0. The molecular formula is C9H13F3N2OS. The number of thiazole rings is 1. The third-order valence-electron chi connectivity index (χ3n) is 1.66. The Morgan fingerprint density at radius 1 is 1.50 bits per heavy atom. The molecule has 7 heteroatoms. The molecule has 1 aromatic rings. The maximum absolute atomic E-state index is 11.7. The normalized spacial score (nSPS) is 12.0. The zero-order valence-electron chi connectivity index (χ0n) is 8.80. The lowest BCUT2D eigenvalue weighted by atomic mass is 10.5. The minimum Gasteiger partial charge on any atom is -0.371 e. The fraction of sp³-hybridized carbons (Fsp3) is 0.667. The first-order valence-electron chi connectivity index (χ1n) is 4.73. The molecule has 1 N–H and O–H groups in total. The number of nitrogens with zero attached hydrogens (tertiary/aromatic N) is 1. The highest BCUT2D eigenvalue weighted by molar-refractivity contribution is 7.09. The smallest absolute Gasteiger partial charge is 0.371 e. The van der Waals surface area contributed by atoms with Crippen LogP contribution in [0.5, 0.6) is 0 Å². The average Bonchev–Trinajstić information content (AvgIpc) is 2.56. The summed E-state index contributed by atoms with van der Waals surface area (Å²) < 4.78 is 39.5. The predicted molar refractivity (Wildman–Crippen MR) is 55.4 cm³/mol. The summed E-state index contributed by atoms with van der Waals surface area (Å²) in [6.07, 6.45) is -4.24. The van der Waals surface area contributed by atoms with Crippen molar-refractivity contribution in [2.24, 2.45) is 0 Å². The second-order valence-corrected chi connectivity index (χ2v) is 4.26. The predicted octanol–water partition coefficient (Wildman–Crippen LogP) is 2.12. The summed E-state index contributed by atoms with van der Waals surface area (Å²) in [5.74, 6) is 0. The molecule has 0 bridgehead atoms. The first-order chi connectivity index (χ1) is 7.47. The van der Waals surface area contributed by atoms with Crippen molar-refractivity contribution < 1.29 is 17.9 Å². The van der Waals surface area contributed by atoms with Crippen LogP contribution >= 0.6 is 11.3 Å². The van der Waals surface area contributed by atoms with E-state index in [1.54, 1.807) is 11.3 Å². The molecule has 16 heavy (non-hydrogen) atoms. The van der Waals surface area contributed by atoms with Gasteiger partial charge in [0.05, 0.1) is 17.3 Å². The molecule has 0 spiro atoms. The molecule has 0 atom stereocenters. The van der Waals surface area contributed by atoms with Crippen molar-refractivity contribution in [1.82, 2.24) is 10.3 Å². The quantitative estimate of drug-likeness (QED) is 0.790. The number of aryl methyl sites for hydroxylation is 1. The Bertz CT molecular complexity index is 314. The van der Waals surface area contributed by atoms with Crippen molar-refractivity contribution in [3.05, 3.63) is 16.1 Å². The van der Waals surface area contributed by atoms with E-state index in [4.69, 9.17) is 0 Å². The number of ether oxygens (including phenoxy) is 1. The Labute approximate surface area is 95.6 Å². The van der Waals surface area contributed by atoms with E-state index >= 15 is 0 Å². The van der Waals surface area contributed by atoms with Crippen molar-refractivity contribution in [3.8, 4) is 0 Å². The minimum atomic E-state index is -4.24. The van der Waals surface area contributed by atoms with Crippen LogP contribution in [-0.4, -0.2) is 30.9 Å². The zero-order chi connectivity index (χ0) is 12.0. The number of nitrogens with one attached hydrogen (secondary N) is 1. The molecule has 0 saturated carbocycles. The standard InChI is InChI=1S/C9H13F3N2OS/c1-7-14-8(5-16-7)4-13-2-3-15-6-9(10,11)12/h5,13H,2-4,6H2,1H3. The van der Waals surface area contributed by atoms with Gasteiger partial charge in [0.25, 0.3) is 0 Å². The molecule has 0 aliphatic heterocycles. The van der Waals surface area contributed by atoms with Crippen molar-refractivity contribution >= 4 is 11.3 Å². The molecule has 0 aliphatic carbocycles. The van der Waals surface area contributed by atoms with E-state index in [9.17, 15) is 13.2 Å². The highest BCUT2D eigenvalue weighted by Crippen LogP contribution is 2.14. The van der Waals surface area contributed by atoms with Crippen LogP contribution in [0.1, 0.15) is 10.7 Å². The Kier molecular flexibility index (Phi) is 5.17. The summed E-state index contributed by atoms with van der Waals surface area (Å²) in [4.78, 5) is 4.20. The second-order valence-electron chi connectivity index (χ2n) is 3.20. The molecule has 3 nitrogen and oxygen atoms in total. The summed E-state index contributed by atoms with van der Waals surface area (Å²) in [5.41, 5.74) is 0.901. The molecule has 0 radical (unpaired) electrons. The molecule has 1 heterocycles. The van der Waals surface area contributed by atoms with Crippen LogP contribution in [0.4, 0.5) is 13.2 Å². The van der Waals surface area contributed by atoms with E-state index < -0.39 is 12.8 Å². The number of rotatable bonds is 6. The van der Waals surface area contributed by atoms with Gasteiger partial charge in [0.15, 0.2) is 0 Å².